The van der Waals surface area contributed by atoms with Crippen molar-refractivity contribution < 1.29 is 10.1 Å². The lowest BCUT2D eigenvalue weighted by Crippen LogP contribution is -2.03. The zero-order valence-electron chi connectivity index (χ0n) is 17.2. The third-order valence-electron chi connectivity index (χ3n) is 5.26. The molecule has 0 fully saturated rings. The Morgan fingerprint density at radius 3 is 1.66 bits per heavy atom. The van der Waals surface area contributed by atoms with Crippen molar-refractivity contribution in [3.8, 4) is 11.1 Å². The summed E-state index contributed by atoms with van der Waals surface area (Å²) in [5.74, 6) is 0. The molecule has 0 amide bonds. The monoisotopic (exact) mass is 384 g/mol. The first-order valence-electron chi connectivity index (χ1n) is 9.89. The Hall–Kier alpha value is -2.94. The van der Waals surface area contributed by atoms with Gasteiger partial charge in [0.25, 0.3) is 0 Å². The van der Waals surface area contributed by atoms with Crippen LogP contribution in [-0.2, 0) is 11.3 Å². The van der Waals surface area contributed by atoms with Gasteiger partial charge in [-0.1, -0.05) is 97.1 Å². The molecule has 0 aromatic heterocycles. The maximum Gasteiger partial charge on any atom is 0.118 e. The molecule has 1 N–H and O–H groups in total. The van der Waals surface area contributed by atoms with Crippen LogP contribution < -0.4 is 0 Å². The smallest absolute Gasteiger partial charge is 0.118 e. The summed E-state index contributed by atoms with van der Waals surface area (Å²) in [5, 5.41) is 9.42. The van der Waals surface area contributed by atoms with Crippen molar-refractivity contribution in [2.75, 3.05) is 0 Å². The van der Waals surface area contributed by atoms with Crippen LogP contribution in [0.15, 0.2) is 86.0 Å². The summed E-state index contributed by atoms with van der Waals surface area (Å²) >= 11 is 0. The topological polar surface area (TPSA) is 29.5 Å². The Morgan fingerprint density at radius 2 is 1.21 bits per heavy atom. The lowest BCUT2D eigenvalue weighted by Gasteiger charge is -2.15. The minimum Gasteiger partial charge on any atom is -0.251 e. The van der Waals surface area contributed by atoms with Crippen molar-refractivity contribution in [1.29, 1.82) is 0 Å². The van der Waals surface area contributed by atoms with Crippen LogP contribution in [-0.4, -0.2) is 5.26 Å². The number of benzene rings is 3. The van der Waals surface area contributed by atoms with Crippen molar-refractivity contribution in [2.45, 2.75) is 32.8 Å². The van der Waals surface area contributed by atoms with Crippen LogP contribution in [0.4, 0.5) is 0 Å². The SMILES string of the molecule is C=C(C)c1ccc(CCC(OO)c2ccc(-c3ccc(C(=C)C)cc3)cc2)cc1. The summed E-state index contributed by atoms with van der Waals surface area (Å²) in [5.41, 5.74) is 8.88. The first-order chi connectivity index (χ1) is 14.0. The van der Waals surface area contributed by atoms with E-state index in [0.29, 0.717) is 6.42 Å². The molecule has 3 aromatic carbocycles. The zero-order chi connectivity index (χ0) is 20.8. The molecule has 0 aliphatic heterocycles. The van der Waals surface area contributed by atoms with Gasteiger partial charge < -0.3 is 0 Å². The van der Waals surface area contributed by atoms with Crippen molar-refractivity contribution in [3.63, 3.8) is 0 Å². The Kier molecular flexibility index (Phi) is 6.82. The predicted octanol–water partition coefficient (Wildman–Crippen LogP) is 7.58. The average Bonchev–Trinajstić information content (AvgIpc) is 2.75. The highest BCUT2D eigenvalue weighted by molar-refractivity contribution is 5.68. The lowest BCUT2D eigenvalue weighted by molar-refractivity contribution is -0.283. The Labute approximate surface area is 173 Å². The maximum atomic E-state index is 9.42. The van der Waals surface area contributed by atoms with Crippen LogP contribution in [0, 0.1) is 0 Å². The van der Waals surface area contributed by atoms with E-state index in [1.165, 1.54) is 5.56 Å². The van der Waals surface area contributed by atoms with Crippen LogP contribution in [0.2, 0.25) is 0 Å². The summed E-state index contributed by atoms with van der Waals surface area (Å²) in [4.78, 5) is 4.78. The zero-order valence-corrected chi connectivity index (χ0v) is 17.2. The Morgan fingerprint density at radius 1 is 0.759 bits per heavy atom. The summed E-state index contributed by atoms with van der Waals surface area (Å²) in [7, 11) is 0. The molecule has 2 nitrogen and oxygen atoms in total. The van der Waals surface area contributed by atoms with E-state index >= 15 is 0 Å². The molecule has 29 heavy (non-hydrogen) atoms. The second-order valence-electron chi connectivity index (χ2n) is 7.59. The van der Waals surface area contributed by atoms with Crippen LogP contribution in [0.1, 0.15) is 48.6 Å². The number of hydrogen-bond donors (Lipinski definition) is 1. The van der Waals surface area contributed by atoms with E-state index in [2.05, 4.69) is 73.8 Å². The van der Waals surface area contributed by atoms with Gasteiger partial charge >= 0.3 is 0 Å². The Balaban J connectivity index is 1.66. The van der Waals surface area contributed by atoms with Gasteiger partial charge in [-0.05, 0) is 60.1 Å². The largest absolute Gasteiger partial charge is 0.251 e. The average molecular weight is 385 g/mol. The van der Waals surface area contributed by atoms with E-state index < -0.39 is 0 Å². The first-order valence-corrected chi connectivity index (χ1v) is 9.89. The van der Waals surface area contributed by atoms with E-state index in [0.717, 1.165) is 45.4 Å². The van der Waals surface area contributed by atoms with Crippen LogP contribution in [0.25, 0.3) is 22.3 Å². The third-order valence-corrected chi connectivity index (χ3v) is 5.26. The standard InChI is InChI=1S/C27H28O2/c1-19(2)22-8-5-21(6-9-22)7-18-27(29-28)26-16-14-25(15-17-26)24-12-10-23(11-13-24)20(3)4/h5-6,8-17,27-28H,1,3,7,18H2,2,4H3. The van der Waals surface area contributed by atoms with Gasteiger partial charge in [-0.2, -0.15) is 0 Å². The number of allylic oxidation sites excluding steroid dienone is 2. The number of aryl methyl sites for hydroxylation is 1. The summed E-state index contributed by atoms with van der Waals surface area (Å²) in [6.07, 6.45) is 1.18. The number of hydrogen-bond acceptors (Lipinski definition) is 2. The summed E-state index contributed by atoms with van der Waals surface area (Å²) < 4.78 is 0. The highest BCUT2D eigenvalue weighted by atomic mass is 17.1. The quantitative estimate of drug-likeness (QED) is 0.320. The molecule has 1 unspecified atom stereocenters. The molecular weight excluding hydrogens is 356 g/mol. The van der Waals surface area contributed by atoms with Gasteiger partial charge in [-0.25, -0.2) is 4.89 Å². The normalized spacial score (nSPS) is 11.8. The summed E-state index contributed by atoms with van der Waals surface area (Å²) in [6.45, 7) is 12.0. The van der Waals surface area contributed by atoms with E-state index in [1.807, 2.05) is 26.0 Å². The highest BCUT2D eigenvalue weighted by Crippen LogP contribution is 2.27. The second-order valence-corrected chi connectivity index (χ2v) is 7.59. The molecule has 0 spiro atoms. The first kappa shape index (κ1) is 20.8. The molecule has 148 valence electrons. The van der Waals surface area contributed by atoms with Crippen LogP contribution in [0.5, 0.6) is 0 Å². The minimum atomic E-state index is -0.351. The van der Waals surface area contributed by atoms with E-state index in [9.17, 15) is 5.26 Å². The van der Waals surface area contributed by atoms with Crippen molar-refractivity contribution in [2.24, 2.45) is 0 Å². The molecule has 0 radical (unpaired) electrons. The fourth-order valence-corrected chi connectivity index (χ4v) is 3.37. The molecule has 0 bridgehead atoms. The predicted molar refractivity (Wildman–Crippen MR) is 123 cm³/mol. The molecule has 0 saturated carbocycles. The maximum absolute atomic E-state index is 9.42. The molecule has 0 aliphatic rings. The van der Waals surface area contributed by atoms with Crippen LogP contribution >= 0.6 is 0 Å². The fourth-order valence-electron chi connectivity index (χ4n) is 3.37. The lowest BCUT2D eigenvalue weighted by atomic mass is 9.97. The number of rotatable bonds is 8. The van der Waals surface area contributed by atoms with Crippen LogP contribution in [0.3, 0.4) is 0 Å². The Bertz CT molecular complexity index is 965. The molecule has 1 atom stereocenters. The molecule has 3 rings (SSSR count). The van der Waals surface area contributed by atoms with Crippen molar-refractivity contribution in [3.05, 3.63) is 108 Å². The van der Waals surface area contributed by atoms with E-state index in [4.69, 9.17) is 4.89 Å². The van der Waals surface area contributed by atoms with Gasteiger partial charge in [0.15, 0.2) is 0 Å². The van der Waals surface area contributed by atoms with Gasteiger partial charge in [0.2, 0.25) is 0 Å². The van der Waals surface area contributed by atoms with Crippen molar-refractivity contribution >= 4 is 11.1 Å². The van der Waals surface area contributed by atoms with E-state index in [1.54, 1.807) is 0 Å². The fraction of sp³-hybridized carbons (Fsp3) is 0.185. The highest BCUT2D eigenvalue weighted by Gasteiger charge is 2.13. The molecule has 3 aromatic rings. The molecule has 0 heterocycles. The molecule has 2 heteroatoms. The minimum absolute atomic E-state index is 0.351. The molecule has 0 saturated heterocycles. The van der Waals surface area contributed by atoms with E-state index in [-0.39, 0.29) is 6.10 Å². The van der Waals surface area contributed by atoms with Gasteiger partial charge in [0, 0.05) is 0 Å². The summed E-state index contributed by atoms with van der Waals surface area (Å²) in [6, 6.07) is 24.9. The van der Waals surface area contributed by atoms with Gasteiger partial charge in [-0.3, -0.25) is 5.26 Å². The van der Waals surface area contributed by atoms with Gasteiger partial charge in [0.1, 0.15) is 6.10 Å². The van der Waals surface area contributed by atoms with Crippen molar-refractivity contribution in [1.82, 2.24) is 0 Å². The van der Waals surface area contributed by atoms with Gasteiger partial charge in [-0.15, -0.1) is 0 Å². The third kappa shape index (κ3) is 5.32. The molecule has 0 aliphatic carbocycles. The second kappa shape index (κ2) is 9.51. The van der Waals surface area contributed by atoms with Gasteiger partial charge in [0.05, 0.1) is 0 Å². The molecular formula is C27H28O2.